The van der Waals surface area contributed by atoms with Crippen LogP contribution in [0, 0.1) is 5.92 Å². The van der Waals surface area contributed by atoms with Crippen LogP contribution >= 0.6 is 11.6 Å². The van der Waals surface area contributed by atoms with Gasteiger partial charge in [-0.3, -0.25) is 9.59 Å². The topological polar surface area (TPSA) is 78.3 Å². The Morgan fingerprint density at radius 1 is 1.31 bits per heavy atom. The van der Waals surface area contributed by atoms with Crippen LogP contribution in [0.15, 0.2) is 41.0 Å². The smallest absolute Gasteiger partial charge is 0.225 e. The number of benzene rings is 1. The third-order valence-electron chi connectivity index (χ3n) is 6.02. The highest BCUT2D eigenvalue weighted by atomic mass is 35.5. The van der Waals surface area contributed by atoms with E-state index in [1.807, 2.05) is 18.2 Å². The number of amides is 2. The van der Waals surface area contributed by atoms with E-state index in [2.05, 4.69) is 16.4 Å². The van der Waals surface area contributed by atoms with Crippen LogP contribution in [-0.4, -0.2) is 28.2 Å². The van der Waals surface area contributed by atoms with Gasteiger partial charge in [0.15, 0.2) is 0 Å². The maximum Gasteiger partial charge on any atom is 0.225 e. The number of rotatable bonds is 4. The summed E-state index contributed by atoms with van der Waals surface area (Å²) in [5, 5.41) is 5.00. The molecule has 5 rings (SSSR count). The largest absolute Gasteiger partial charge is 0.467 e. The summed E-state index contributed by atoms with van der Waals surface area (Å²) in [6, 6.07) is 9.46. The standard InChI is InChI=1S/C22H22ClN3O3/c23-17-7-1-5-15-16-6-2-8-18(21(16)25-20(15)17)24-22(28)13-10-19(27)26(11-13)12-14-4-3-9-29-14/h1,3-5,7,9,13,18,25H,2,6,8,10-12H2,(H,24,28)/t13-,18-/m1/s1. The highest BCUT2D eigenvalue weighted by molar-refractivity contribution is 6.35. The minimum Gasteiger partial charge on any atom is -0.467 e. The van der Waals surface area contributed by atoms with Gasteiger partial charge >= 0.3 is 0 Å². The number of hydrogen-bond acceptors (Lipinski definition) is 3. The number of nitrogens with zero attached hydrogens (tertiary/aromatic N) is 1. The molecule has 6 nitrogen and oxygen atoms in total. The fourth-order valence-electron chi connectivity index (χ4n) is 4.58. The third kappa shape index (κ3) is 3.31. The lowest BCUT2D eigenvalue weighted by Crippen LogP contribution is -2.36. The first-order valence-corrected chi connectivity index (χ1v) is 10.4. The summed E-state index contributed by atoms with van der Waals surface area (Å²) in [5.74, 6) is 0.313. The molecule has 1 saturated heterocycles. The molecule has 0 spiro atoms. The lowest BCUT2D eigenvalue weighted by atomic mass is 9.91. The van der Waals surface area contributed by atoms with Crippen molar-refractivity contribution >= 4 is 34.3 Å². The van der Waals surface area contributed by atoms with Crippen molar-refractivity contribution in [1.29, 1.82) is 0 Å². The Morgan fingerprint density at radius 3 is 3.03 bits per heavy atom. The van der Waals surface area contributed by atoms with Gasteiger partial charge in [-0.15, -0.1) is 0 Å². The maximum absolute atomic E-state index is 12.9. The second-order valence-corrected chi connectivity index (χ2v) is 8.29. The highest BCUT2D eigenvalue weighted by Gasteiger charge is 2.36. The van der Waals surface area contributed by atoms with Gasteiger partial charge in [0.2, 0.25) is 11.8 Å². The van der Waals surface area contributed by atoms with Gasteiger partial charge in [-0.05, 0) is 43.0 Å². The number of halogens is 1. The first-order valence-electron chi connectivity index (χ1n) is 9.99. The van der Waals surface area contributed by atoms with Gasteiger partial charge in [0.1, 0.15) is 5.76 Å². The van der Waals surface area contributed by atoms with E-state index in [1.54, 1.807) is 17.2 Å². The molecule has 3 aromatic rings. The van der Waals surface area contributed by atoms with E-state index < -0.39 is 0 Å². The van der Waals surface area contributed by atoms with Crippen molar-refractivity contribution in [3.05, 3.63) is 58.6 Å². The Bertz CT molecular complexity index is 1070. The van der Waals surface area contributed by atoms with Crippen LogP contribution in [0.3, 0.4) is 0 Å². The average Bonchev–Trinajstić information content (AvgIpc) is 3.43. The predicted molar refractivity (Wildman–Crippen MR) is 109 cm³/mol. The number of aromatic amines is 1. The first kappa shape index (κ1) is 18.3. The van der Waals surface area contributed by atoms with Crippen LogP contribution in [0.25, 0.3) is 10.9 Å². The fraction of sp³-hybridized carbons (Fsp3) is 0.364. The molecule has 150 valence electrons. The quantitative estimate of drug-likeness (QED) is 0.682. The molecule has 29 heavy (non-hydrogen) atoms. The zero-order valence-electron chi connectivity index (χ0n) is 15.9. The van der Waals surface area contributed by atoms with Gasteiger partial charge in [0.05, 0.1) is 35.3 Å². The van der Waals surface area contributed by atoms with E-state index in [1.165, 1.54) is 5.56 Å². The van der Waals surface area contributed by atoms with E-state index in [-0.39, 0.29) is 30.2 Å². The number of aryl methyl sites for hydroxylation is 1. The molecule has 1 aliphatic carbocycles. The van der Waals surface area contributed by atoms with Crippen LogP contribution in [-0.2, 0) is 22.6 Å². The number of aromatic nitrogens is 1. The molecule has 2 aromatic heterocycles. The van der Waals surface area contributed by atoms with Gasteiger partial charge in [-0.2, -0.15) is 0 Å². The van der Waals surface area contributed by atoms with E-state index in [9.17, 15) is 9.59 Å². The molecule has 2 N–H and O–H groups in total. The predicted octanol–water partition coefficient (Wildman–Crippen LogP) is 3.96. The SMILES string of the molecule is O=C(N[C@@H]1CCCc2c1[nH]c1c(Cl)cccc21)[C@@H]1CC(=O)N(Cc2ccco2)C1. The summed E-state index contributed by atoms with van der Waals surface area (Å²) in [7, 11) is 0. The molecule has 3 heterocycles. The van der Waals surface area contributed by atoms with Crippen LogP contribution in [0.5, 0.6) is 0 Å². The van der Waals surface area contributed by atoms with Crippen molar-refractivity contribution in [2.45, 2.75) is 38.3 Å². The molecule has 2 aliphatic rings. The summed E-state index contributed by atoms with van der Waals surface area (Å²) < 4.78 is 5.33. The number of carbonyl (C=O) groups excluding carboxylic acids is 2. The number of fused-ring (bicyclic) bond motifs is 3. The minimum atomic E-state index is -0.337. The van der Waals surface area contributed by atoms with Gasteiger partial charge in [-0.1, -0.05) is 23.7 Å². The Hall–Kier alpha value is -2.73. The molecule has 0 unspecified atom stereocenters. The van der Waals surface area contributed by atoms with E-state index in [4.69, 9.17) is 16.0 Å². The molecule has 7 heteroatoms. The second-order valence-electron chi connectivity index (χ2n) is 7.89. The second kappa shape index (κ2) is 7.26. The normalized spacial score (nSPS) is 21.6. The monoisotopic (exact) mass is 411 g/mol. The maximum atomic E-state index is 12.9. The molecule has 2 amide bonds. The molecule has 2 atom stereocenters. The van der Waals surface area contributed by atoms with Crippen molar-refractivity contribution in [2.24, 2.45) is 5.92 Å². The molecule has 0 saturated carbocycles. The van der Waals surface area contributed by atoms with Crippen molar-refractivity contribution < 1.29 is 14.0 Å². The van der Waals surface area contributed by atoms with E-state index >= 15 is 0 Å². The number of likely N-dealkylation sites (tertiary alicyclic amines) is 1. The number of para-hydroxylation sites is 1. The van der Waals surface area contributed by atoms with Gasteiger partial charge in [-0.25, -0.2) is 0 Å². The Kier molecular flexibility index (Phi) is 4.59. The number of H-pyrrole nitrogens is 1. The minimum absolute atomic E-state index is 0.0109. The third-order valence-corrected chi connectivity index (χ3v) is 6.34. The van der Waals surface area contributed by atoms with Crippen LogP contribution in [0.1, 0.15) is 42.3 Å². The Balaban J connectivity index is 1.31. The van der Waals surface area contributed by atoms with E-state index in [0.717, 1.165) is 41.6 Å². The molecule has 0 bridgehead atoms. The molecule has 0 radical (unpaired) electrons. The lowest BCUT2D eigenvalue weighted by molar-refractivity contribution is -0.129. The van der Waals surface area contributed by atoms with Crippen LogP contribution < -0.4 is 5.32 Å². The molecule has 1 aromatic carbocycles. The zero-order chi connectivity index (χ0) is 20.0. The van der Waals surface area contributed by atoms with Crippen molar-refractivity contribution in [1.82, 2.24) is 15.2 Å². The highest BCUT2D eigenvalue weighted by Crippen LogP contribution is 2.37. The average molecular weight is 412 g/mol. The molecule has 1 fully saturated rings. The van der Waals surface area contributed by atoms with Crippen LogP contribution in [0.2, 0.25) is 5.02 Å². The summed E-state index contributed by atoms with van der Waals surface area (Å²) in [4.78, 5) is 30.4. The Labute approximate surface area is 173 Å². The van der Waals surface area contributed by atoms with E-state index in [0.29, 0.717) is 18.1 Å². The van der Waals surface area contributed by atoms with Gasteiger partial charge in [0.25, 0.3) is 0 Å². The first-order chi connectivity index (χ1) is 14.1. The summed E-state index contributed by atoms with van der Waals surface area (Å²) >= 11 is 6.35. The number of carbonyl (C=O) groups is 2. The number of nitrogens with one attached hydrogen (secondary N) is 2. The van der Waals surface area contributed by atoms with Crippen LogP contribution in [0.4, 0.5) is 0 Å². The summed E-state index contributed by atoms with van der Waals surface area (Å²) in [6.07, 6.45) is 4.68. The van der Waals surface area contributed by atoms with Crippen molar-refractivity contribution in [3.8, 4) is 0 Å². The number of furan rings is 1. The van der Waals surface area contributed by atoms with Gasteiger partial charge < -0.3 is 19.6 Å². The van der Waals surface area contributed by atoms with Gasteiger partial charge in [0, 0.05) is 24.0 Å². The summed E-state index contributed by atoms with van der Waals surface area (Å²) in [5.41, 5.74) is 3.21. The number of hydrogen-bond donors (Lipinski definition) is 2. The molecular formula is C22H22ClN3O3. The van der Waals surface area contributed by atoms with Crippen molar-refractivity contribution in [2.75, 3.05) is 6.54 Å². The zero-order valence-corrected chi connectivity index (χ0v) is 16.7. The molecule has 1 aliphatic heterocycles. The summed E-state index contributed by atoms with van der Waals surface area (Å²) in [6.45, 7) is 0.827. The van der Waals surface area contributed by atoms with Crippen molar-refractivity contribution in [3.63, 3.8) is 0 Å². The Morgan fingerprint density at radius 2 is 2.21 bits per heavy atom. The lowest BCUT2D eigenvalue weighted by Gasteiger charge is -2.25. The fourth-order valence-corrected chi connectivity index (χ4v) is 4.80. The molecular weight excluding hydrogens is 390 g/mol.